The highest BCUT2D eigenvalue weighted by Crippen LogP contribution is 2.22. The third-order valence-electron chi connectivity index (χ3n) is 1.75. The van der Waals surface area contributed by atoms with Gasteiger partial charge in [-0.1, -0.05) is 12.1 Å². The van der Waals surface area contributed by atoms with Gasteiger partial charge in [-0.3, -0.25) is 0 Å². The lowest BCUT2D eigenvalue weighted by Gasteiger charge is -1.94. The fourth-order valence-electron chi connectivity index (χ4n) is 1.18. The van der Waals surface area contributed by atoms with Crippen molar-refractivity contribution in [1.82, 2.24) is 0 Å². The minimum absolute atomic E-state index is 0.383. The van der Waals surface area contributed by atoms with Crippen molar-refractivity contribution >= 4 is 28.1 Å². The molecule has 3 heteroatoms. The van der Waals surface area contributed by atoms with E-state index in [1.165, 1.54) is 11.3 Å². The van der Waals surface area contributed by atoms with Crippen molar-refractivity contribution in [3.8, 4) is 0 Å². The Labute approximate surface area is 73.1 Å². The summed E-state index contributed by atoms with van der Waals surface area (Å²) in [4.78, 5) is 10.7. The van der Waals surface area contributed by atoms with Crippen LogP contribution in [0.5, 0.6) is 0 Å². The molecular formula is C9H6O2S. The summed E-state index contributed by atoms with van der Waals surface area (Å²) in [6.07, 6.45) is 0. The molecule has 1 aromatic carbocycles. The first-order valence-electron chi connectivity index (χ1n) is 3.47. The first-order chi connectivity index (χ1) is 5.79. The molecule has 0 aliphatic rings. The van der Waals surface area contributed by atoms with E-state index in [1.807, 2.05) is 16.8 Å². The van der Waals surface area contributed by atoms with Crippen LogP contribution in [0.25, 0.3) is 10.8 Å². The summed E-state index contributed by atoms with van der Waals surface area (Å²) in [5, 5.41) is 14.4. The van der Waals surface area contributed by atoms with Gasteiger partial charge in [0.15, 0.2) is 0 Å². The molecule has 0 saturated heterocycles. The second kappa shape index (κ2) is 2.60. The molecule has 0 amide bonds. The molecule has 12 heavy (non-hydrogen) atoms. The number of benzene rings is 1. The molecule has 2 aromatic rings. The molecule has 0 unspecified atom stereocenters. The Morgan fingerprint density at radius 3 is 2.92 bits per heavy atom. The second-order valence-electron chi connectivity index (χ2n) is 2.49. The summed E-state index contributed by atoms with van der Waals surface area (Å²) in [7, 11) is 0. The minimum atomic E-state index is -0.862. The predicted molar refractivity (Wildman–Crippen MR) is 48.8 cm³/mol. The predicted octanol–water partition coefficient (Wildman–Crippen LogP) is 2.60. The molecule has 2 rings (SSSR count). The molecule has 1 heterocycles. The van der Waals surface area contributed by atoms with Crippen molar-refractivity contribution in [2.75, 3.05) is 0 Å². The van der Waals surface area contributed by atoms with E-state index in [-0.39, 0.29) is 0 Å². The Morgan fingerprint density at radius 2 is 2.17 bits per heavy atom. The molecule has 0 aliphatic heterocycles. The third kappa shape index (κ3) is 0.987. The van der Waals surface area contributed by atoms with Crippen molar-refractivity contribution in [3.05, 3.63) is 34.5 Å². The number of carbonyl (C=O) groups is 1. The van der Waals surface area contributed by atoms with Gasteiger partial charge in [0.2, 0.25) is 0 Å². The SMILES string of the molecule is O=C(O)c1cccc2cscc12. The largest absolute Gasteiger partial charge is 0.478 e. The fourth-order valence-corrected chi connectivity index (χ4v) is 2.00. The van der Waals surface area contributed by atoms with Crippen molar-refractivity contribution in [2.45, 2.75) is 0 Å². The van der Waals surface area contributed by atoms with E-state index in [9.17, 15) is 4.79 Å². The number of hydrogen-bond donors (Lipinski definition) is 1. The van der Waals surface area contributed by atoms with E-state index in [0.717, 1.165) is 10.8 Å². The molecule has 1 N–H and O–H groups in total. The summed E-state index contributed by atoms with van der Waals surface area (Å²) in [6.45, 7) is 0. The average Bonchev–Trinajstić information content (AvgIpc) is 2.49. The summed E-state index contributed by atoms with van der Waals surface area (Å²) in [5.74, 6) is -0.862. The van der Waals surface area contributed by atoms with Gasteiger partial charge in [0.25, 0.3) is 0 Å². The van der Waals surface area contributed by atoms with Gasteiger partial charge in [-0.2, -0.15) is 11.3 Å². The molecule has 0 bridgehead atoms. The van der Waals surface area contributed by atoms with E-state index in [4.69, 9.17) is 5.11 Å². The molecule has 0 radical (unpaired) electrons. The zero-order chi connectivity index (χ0) is 8.55. The van der Waals surface area contributed by atoms with Gasteiger partial charge in [0, 0.05) is 5.39 Å². The topological polar surface area (TPSA) is 37.3 Å². The standard InChI is InChI=1S/C9H6O2S/c10-9(11)7-3-1-2-6-4-12-5-8(6)7/h1-5H,(H,10,11). The van der Waals surface area contributed by atoms with Crippen LogP contribution in [0.3, 0.4) is 0 Å². The maximum atomic E-state index is 10.7. The van der Waals surface area contributed by atoms with Gasteiger partial charge >= 0.3 is 5.97 Å². The van der Waals surface area contributed by atoms with Crippen molar-refractivity contribution in [2.24, 2.45) is 0 Å². The lowest BCUT2D eigenvalue weighted by molar-refractivity contribution is 0.0699. The lowest BCUT2D eigenvalue weighted by atomic mass is 10.1. The Balaban J connectivity index is 2.82. The molecule has 0 aliphatic carbocycles. The van der Waals surface area contributed by atoms with E-state index >= 15 is 0 Å². The minimum Gasteiger partial charge on any atom is -0.478 e. The molecule has 2 nitrogen and oxygen atoms in total. The first kappa shape index (κ1) is 7.31. The average molecular weight is 178 g/mol. The maximum Gasteiger partial charge on any atom is 0.336 e. The van der Waals surface area contributed by atoms with Crippen LogP contribution in [-0.4, -0.2) is 11.1 Å². The highest BCUT2D eigenvalue weighted by molar-refractivity contribution is 7.09. The van der Waals surface area contributed by atoms with E-state index in [1.54, 1.807) is 12.1 Å². The van der Waals surface area contributed by atoms with Crippen LogP contribution in [0.2, 0.25) is 0 Å². The van der Waals surface area contributed by atoms with Crippen molar-refractivity contribution in [3.63, 3.8) is 0 Å². The Morgan fingerprint density at radius 1 is 1.33 bits per heavy atom. The number of hydrogen-bond acceptors (Lipinski definition) is 2. The fraction of sp³-hybridized carbons (Fsp3) is 0. The number of carboxylic acids is 1. The summed E-state index contributed by atoms with van der Waals surface area (Å²) in [5.41, 5.74) is 0.383. The van der Waals surface area contributed by atoms with Crippen LogP contribution in [0.1, 0.15) is 10.4 Å². The zero-order valence-electron chi connectivity index (χ0n) is 6.15. The molecule has 0 fully saturated rings. The van der Waals surface area contributed by atoms with E-state index < -0.39 is 5.97 Å². The Kier molecular flexibility index (Phi) is 1.59. The lowest BCUT2D eigenvalue weighted by Crippen LogP contribution is -1.95. The highest BCUT2D eigenvalue weighted by atomic mass is 32.1. The molecule has 0 saturated carbocycles. The van der Waals surface area contributed by atoms with Crippen LogP contribution < -0.4 is 0 Å². The van der Waals surface area contributed by atoms with Gasteiger partial charge in [0.05, 0.1) is 5.56 Å². The molecule has 0 spiro atoms. The van der Waals surface area contributed by atoms with Crippen LogP contribution in [0.4, 0.5) is 0 Å². The summed E-state index contributed by atoms with van der Waals surface area (Å²) in [6, 6.07) is 5.30. The molecule has 1 aromatic heterocycles. The van der Waals surface area contributed by atoms with Gasteiger partial charge in [-0.05, 0) is 22.2 Å². The number of aromatic carboxylic acids is 1. The molecule has 0 atom stereocenters. The summed E-state index contributed by atoms with van der Waals surface area (Å²) >= 11 is 1.52. The van der Waals surface area contributed by atoms with Gasteiger partial charge < -0.3 is 5.11 Å². The molecule has 60 valence electrons. The Bertz CT molecular complexity index is 431. The van der Waals surface area contributed by atoms with Crippen LogP contribution >= 0.6 is 11.3 Å². The highest BCUT2D eigenvalue weighted by Gasteiger charge is 2.07. The van der Waals surface area contributed by atoms with E-state index in [2.05, 4.69) is 0 Å². The first-order valence-corrected chi connectivity index (χ1v) is 4.41. The monoisotopic (exact) mass is 178 g/mol. The van der Waals surface area contributed by atoms with Crippen LogP contribution in [-0.2, 0) is 0 Å². The number of fused-ring (bicyclic) bond motifs is 1. The summed E-state index contributed by atoms with van der Waals surface area (Å²) < 4.78 is 0. The van der Waals surface area contributed by atoms with Gasteiger partial charge in [0.1, 0.15) is 0 Å². The smallest absolute Gasteiger partial charge is 0.336 e. The number of thiophene rings is 1. The zero-order valence-corrected chi connectivity index (χ0v) is 6.97. The quantitative estimate of drug-likeness (QED) is 0.728. The van der Waals surface area contributed by atoms with Crippen LogP contribution in [0.15, 0.2) is 29.0 Å². The number of carboxylic acid groups (broad SMARTS) is 1. The van der Waals surface area contributed by atoms with Gasteiger partial charge in [-0.25, -0.2) is 4.79 Å². The second-order valence-corrected chi connectivity index (χ2v) is 3.23. The number of rotatable bonds is 1. The molecular weight excluding hydrogens is 172 g/mol. The third-order valence-corrected chi connectivity index (χ3v) is 2.51. The van der Waals surface area contributed by atoms with Gasteiger partial charge in [-0.15, -0.1) is 0 Å². The Hall–Kier alpha value is -1.35. The van der Waals surface area contributed by atoms with Crippen molar-refractivity contribution < 1.29 is 9.90 Å². The van der Waals surface area contributed by atoms with E-state index in [0.29, 0.717) is 5.56 Å². The van der Waals surface area contributed by atoms with Crippen LogP contribution in [0, 0.1) is 0 Å². The maximum absolute atomic E-state index is 10.7. The van der Waals surface area contributed by atoms with Crippen molar-refractivity contribution in [1.29, 1.82) is 0 Å². The normalized spacial score (nSPS) is 10.3.